The molecule has 0 unspecified atom stereocenters. The Morgan fingerprint density at radius 1 is 1.29 bits per heavy atom. The van der Waals surface area contributed by atoms with Gasteiger partial charge in [0.15, 0.2) is 0 Å². The number of alkyl halides is 3. The van der Waals surface area contributed by atoms with Crippen LogP contribution in [0, 0.1) is 0 Å². The summed E-state index contributed by atoms with van der Waals surface area (Å²) in [4.78, 5) is 11.6. The van der Waals surface area contributed by atoms with Crippen molar-refractivity contribution in [2.75, 3.05) is 17.7 Å². The van der Waals surface area contributed by atoms with Crippen LogP contribution < -0.4 is 15.4 Å². The van der Waals surface area contributed by atoms with Crippen LogP contribution in [-0.2, 0) is 6.18 Å². The Bertz CT molecular complexity index is 644. The maximum absolute atomic E-state index is 12.3. The average Bonchev–Trinajstić information content (AvgIpc) is 2.87. The zero-order valence-corrected chi connectivity index (χ0v) is 11.4. The van der Waals surface area contributed by atoms with Gasteiger partial charge in [-0.15, -0.1) is 10.2 Å². The number of methoxy groups -OCH3 is 1. The van der Waals surface area contributed by atoms with Crippen molar-refractivity contribution in [3.63, 3.8) is 0 Å². The number of aromatic nitrogens is 2. The van der Waals surface area contributed by atoms with Crippen LogP contribution in [0.4, 0.5) is 28.8 Å². The van der Waals surface area contributed by atoms with Gasteiger partial charge in [0.1, 0.15) is 5.75 Å². The van der Waals surface area contributed by atoms with Crippen molar-refractivity contribution in [2.24, 2.45) is 0 Å². The molecular weight excluding hydrogens is 309 g/mol. The van der Waals surface area contributed by atoms with E-state index in [1.54, 1.807) is 24.3 Å². The molecule has 2 aromatic rings. The molecule has 0 saturated carbocycles. The fourth-order valence-corrected chi connectivity index (χ4v) is 1.95. The molecule has 1 aromatic carbocycles. The summed E-state index contributed by atoms with van der Waals surface area (Å²) in [6.07, 6.45) is -4.58. The third kappa shape index (κ3) is 4.05. The lowest BCUT2D eigenvalue weighted by Crippen LogP contribution is -2.19. The lowest BCUT2D eigenvalue weighted by Gasteiger charge is -2.06. The predicted molar refractivity (Wildman–Crippen MR) is 70.5 cm³/mol. The van der Waals surface area contributed by atoms with Crippen molar-refractivity contribution in [3.05, 3.63) is 29.3 Å². The minimum absolute atomic E-state index is 0.243. The number of hydrogen-bond acceptors (Lipinski definition) is 5. The molecule has 1 heterocycles. The molecule has 2 rings (SSSR count). The third-order valence-corrected chi connectivity index (χ3v) is 3.10. The lowest BCUT2D eigenvalue weighted by atomic mass is 10.3. The molecule has 1 aromatic heterocycles. The van der Waals surface area contributed by atoms with E-state index < -0.39 is 17.2 Å². The molecule has 2 N–H and O–H groups in total. The molecule has 0 bridgehead atoms. The first-order valence-electron chi connectivity index (χ1n) is 5.51. The summed E-state index contributed by atoms with van der Waals surface area (Å²) in [6.45, 7) is 0. The van der Waals surface area contributed by atoms with Crippen molar-refractivity contribution in [1.82, 2.24) is 10.2 Å². The van der Waals surface area contributed by atoms with Gasteiger partial charge in [-0.05, 0) is 12.1 Å². The van der Waals surface area contributed by atoms with E-state index in [9.17, 15) is 18.0 Å². The van der Waals surface area contributed by atoms with Gasteiger partial charge in [-0.3, -0.25) is 5.32 Å². The van der Waals surface area contributed by atoms with E-state index in [0.717, 1.165) is 0 Å². The van der Waals surface area contributed by atoms with Gasteiger partial charge in [-0.25, -0.2) is 4.79 Å². The number of carbonyl (C=O) groups excluding carboxylic acids is 1. The number of carbonyl (C=O) groups is 1. The van der Waals surface area contributed by atoms with Crippen molar-refractivity contribution in [2.45, 2.75) is 6.18 Å². The summed E-state index contributed by atoms with van der Waals surface area (Å²) in [5, 5.41) is 9.45. The number of amides is 2. The molecular formula is C11H9F3N4O2S. The molecule has 0 aliphatic heterocycles. The number of rotatable bonds is 3. The largest absolute Gasteiger partial charge is 0.497 e. The quantitative estimate of drug-likeness (QED) is 0.911. The van der Waals surface area contributed by atoms with E-state index >= 15 is 0 Å². The molecule has 0 saturated heterocycles. The highest BCUT2D eigenvalue weighted by atomic mass is 32.1. The van der Waals surface area contributed by atoms with Gasteiger partial charge >= 0.3 is 12.2 Å². The average molecular weight is 318 g/mol. The van der Waals surface area contributed by atoms with Crippen molar-refractivity contribution < 1.29 is 22.7 Å². The smallest absolute Gasteiger partial charge is 0.445 e. The Morgan fingerprint density at radius 3 is 2.67 bits per heavy atom. The first-order chi connectivity index (χ1) is 9.88. The number of hydrogen-bond donors (Lipinski definition) is 2. The monoisotopic (exact) mass is 318 g/mol. The number of halogens is 3. The van der Waals surface area contributed by atoms with Crippen molar-refractivity contribution in [1.29, 1.82) is 0 Å². The topological polar surface area (TPSA) is 76.1 Å². The normalized spacial score (nSPS) is 11.0. The van der Waals surface area contributed by atoms with Gasteiger partial charge in [-0.1, -0.05) is 17.4 Å². The van der Waals surface area contributed by atoms with Crippen LogP contribution in [0.1, 0.15) is 5.01 Å². The molecule has 10 heteroatoms. The Kier molecular flexibility index (Phi) is 4.26. The highest BCUT2D eigenvalue weighted by Crippen LogP contribution is 2.33. The first-order valence-corrected chi connectivity index (χ1v) is 6.33. The van der Waals surface area contributed by atoms with Crippen LogP contribution in [0.2, 0.25) is 0 Å². The van der Waals surface area contributed by atoms with E-state index in [4.69, 9.17) is 4.74 Å². The minimum atomic E-state index is -4.58. The van der Waals surface area contributed by atoms with Gasteiger partial charge in [0.2, 0.25) is 10.1 Å². The van der Waals surface area contributed by atoms with Crippen LogP contribution in [0.5, 0.6) is 5.75 Å². The summed E-state index contributed by atoms with van der Waals surface area (Å²) in [5.74, 6) is 0.531. The number of nitrogens with zero attached hydrogens (tertiary/aromatic N) is 2. The summed E-state index contributed by atoms with van der Waals surface area (Å²) >= 11 is 0.243. The minimum Gasteiger partial charge on any atom is -0.497 e. The molecule has 112 valence electrons. The van der Waals surface area contributed by atoms with Crippen LogP contribution in [0.25, 0.3) is 0 Å². The molecule has 0 aliphatic carbocycles. The van der Waals surface area contributed by atoms with Crippen molar-refractivity contribution in [3.8, 4) is 5.75 Å². The second kappa shape index (κ2) is 5.95. The van der Waals surface area contributed by atoms with Crippen LogP contribution in [0.3, 0.4) is 0 Å². The highest BCUT2D eigenvalue weighted by Gasteiger charge is 2.35. The Balaban J connectivity index is 2.00. The summed E-state index contributed by atoms with van der Waals surface area (Å²) in [7, 11) is 1.47. The van der Waals surface area contributed by atoms with Crippen LogP contribution >= 0.6 is 11.3 Å². The molecule has 0 aliphatic rings. The molecule has 0 spiro atoms. The highest BCUT2D eigenvalue weighted by molar-refractivity contribution is 7.15. The van der Waals surface area contributed by atoms with Gasteiger partial charge < -0.3 is 10.1 Å². The third-order valence-electron chi connectivity index (χ3n) is 2.22. The standard InChI is InChI=1S/C11H9F3N4O2S/c1-20-7-4-2-3-6(5-7)15-9(19)16-10-18-17-8(21-10)11(12,13)14/h2-5H,1H3,(H2,15,16,18,19). The van der Waals surface area contributed by atoms with Gasteiger partial charge in [-0.2, -0.15) is 13.2 Å². The maximum atomic E-state index is 12.3. The Labute approximate surface area is 121 Å². The predicted octanol–water partition coefficient (Wildman–Crippen LogP) is 3.21. The van der Waals surface area contributed by atoms with Gasteiger partial charge in [0.05, 0.1) is 7.11 Å². The van der Waals surface area contributed by atoms with E-state index in [1.807, 2.05) is 0 Å². The van der Waals surface area contributed by atoms with Gasteiger partial charge in [0, 0.05) is 11.8 Å². The van der Waals surface area contributed by atoms with Crippen molar-refractivity contribution >= 4 is 28.2 Å². The van der Waals surface area contributed by atoms with E-state index in [1.165, 1.54) is 7.11 Å². The number of benzene rings is 1. The number of anilines is 2. The zero-order valence-electron chi connectivity index (χ0n) is 10.6. The molecule has 21 heavy (non-hydrogen) atoms. The summed E-state index contributed by atoms with van der Waals surface area (Å²) in [6, 6.07) is 5.77. The van der Waals surface area contributed by atoms with E-state index in [0.29, 0.717) is 11.4 Å². The van der Waals surface area contributed by atoms with E-state index in [-0.39, 0.29) is 16.5 Å². The number of nitrogens with one attached hydrogen (secondary N) is 2. The second-order valence-electron chi connectivity index (χ2n) is 3.72. The maximum Gasteiger partial charge on any atom is 0.445 e. The Hall–Kier alpha value is -2.36. The molecule has 6 nitrogen and oxygen atoms in total. The zero-order chi connectivity index (χ0) is 15.5. The molecule has 0 radical (unpaired) electrons. The number of ether oxygens (including phenoxy) is 1. The van der Waals surface area contributed by atoms with Crippen LogP contribution in [-0.4, -0.2) is 23.3 Å². The molecule has 2 amide bonds. The summed E-state index contributed by atoms with van der Waals surface area (Å²) < 4.78 is 42.0. The SMILES string of the molecule is COc1cccc(NC(=O)Nc2nnc(C(F)(F)F)s2)c1. The molecule has 0 atom stereocenters. The van der Waals surface area contributed by atoms with Gasteiger partial charge in [0.25, 0.3) is 0 Å². The number of urea groups is 1. The lowest BCUT2D eigenvalue weighted by molar-refractivity contribution is -0.138. The Morgan fingerprint density at radius 2 is 2.05 bits per heavy atom. The fourth-order valence-electron chi connectivity index (χ4n) is 1.35. The molecule has 0 fully saturated rings. The van der Waals surface area contributed by atoms with E-state index in [2.05, 4.69) is 20.8 Å². The summed E-state index contributed by atoms with van der Waals surface area (Å²) in [5.41, 5.74) is 0.424. The second-order valence-corrected chi connectivity index (χ2v) is 4.70. The van der Waals surface area contributed by atoms with Crippen LogP contribution in [0.15, 0.2) is 24.3 Å². The first kappa shape index (κ1) is 15.0. The fraction of sp³-hybridized carbons (Fsp3) is 0.182.